The van der Waals surface area contributed by atoms with Gasteiger partial charge < -0.3 is 9.64 Å². The SMILES string of the molecule is Cc1ccc(OCC2CCCN(C(=O)CCc3ccc(=O)[nH]n3)C2)cc1. The molecule has 6 heteroatoms. The fourth-order valence-corrected chi connectivity index (χ4v) is 3.18. The van der Waals surface area contributed by atoms with Gasteiger partial charge in [-0.25, -0.2) is 5.10 Å². The summed E-state index contributed by atoms with van der Waals surface area (Å²) in [6.07, 6.45) is 3.03. The summed E-state index contributed by atoms with van der Waals surface area (Å²) in [5.74, 6) is 1.38. The van der Waals surface area contributed by atoms with Crippen LogP contribution in [0.5, 0.6) is 5.75 Å². The molecule has 1 atom stereocenters. The molecule has 1 saturated heterocycles. The average molecular weight is 355 g/mol. The van der Waals surface area contributed by atoms with Gasteiger partial charge >= 0.3 is 0 Å². The van der Waals surface area contributed by atoms with Crippen molar-refractivity contribution in [2.75, 3.05) is 19.7 Å². The first-order chi connectivity index (χ1) is 12.6. The number of likely N-dealkylation sites (tertiary alicyclic amines) is 1. The third-order valence-electron chi connectivity index (χ3n) is 4.71. The minimum absolute atomic E-state index is 0.137. The number of aromatic amines is 1. The van der Waals surface area contributed by atoms with Gasteiger partial charge in [-0.15, -0.1) is 0 Å². The summed E-state index contributed by atoms with van der Waals surface area (Å²) < 4.78 is 5.89. The van der Waals surface area contributed by atoms with Gasteiger partial charge in [-0.3, -0.25) is 9.59 Å². The second-order valence-electron chi connectivity index (χ2n) is 6.88. The summed E-state index contributed by atoms with van der Waals surface area (Å²) in [6.45, 7) is 4.23. The van der Waals surface area contributed by atoms with E-state index in [9.17, 15) is 9.59 Å². The van der Waals surface area contributed by atoms with Crippen molar-refractivity contribution >= 4 is 5.91 Å². The number of aromatic nitrogens is 2. The first-order valence-corrected chi connectivity index (χ1v) is 9.12. The van der Waals surface area contributed by atoms with Crippen LogP contribution >= 0.6 is 0 Å². The fourth-order valence-electron chi connectivity index (χ4n) is 3.18. The van der Waals surface area contributed by atoms with Crippen molar-refractivity contribution in [3.8, 4) is 5.75 Å². The number of nitrogens with zero attached hydrogens (tertiary/aromatic N) is 2. The molecule has 0 radical (unpaired) electrons. The number of hydrogen-bond acceptors (Lipinski definition) is 4. The van der Waals surface area contributed by atoms with Crippen LogP contribution in [0, 0.1) is 12.8 Å². The maximum absolute atomic E-state index is 12.5. The molecular weight excluding hydrogens is 330 g/mol. The highest BCUT2D eigenvalue weighted by atomic mass is 16.5. The van der Waals surface area contributed by atoms with E-state index in [-0.39, 0.29) is 11.5 Å². The van der Waals surface area contributed by atoms with Crippen LogP contribution in [0.3, 0.4) is 0 Å². The van der Waals surface area contributed by atoms with Crippen LogP contribution in [0.1, 0.15) is 30.5 Å². The maximum atomic E-state index is 12.5. The summed E-state index contributed by atoms with van der Waals surface area (Å²) >= 11 is 0. The zero-order valence-electron chi connectivity index (χ0n) is 15.1. The third kappa shape index (κ3) is 5.18. The number of amides is 1. The van der Waals surface area contributed by atoms with Gasteiger partial charge in [0.1, 0.15) is 5.75 Å². The Morgan fingerprint density at radius 1 is 1.27 bits per heavy atom. The monoisotopic (exact) mass is 355 g/mol. The second-order valence-corrected chi connectivity index (χ2v) is 6.88. The topological polar surface area (TPSA) is 75.3 Å². The van der Waals surface area contributed by atoms with Crippen LogP contribution in [-0.2, 0) is 11.2 Å². The number of piperidine rings is 1. The summed E-state index contributed by atoms with van der Waals surface area (Å²) in [7, 11) is 0. The number of carbonyl (C=O) groups is 1. The van der Waals surface area contributed by atoms with E-state index >= 15 is 0 Å². The lowest BCUT2D eigenvalue weighted by atomic mass is 9.98. The van der Waals surface area contributed by atoms with Crippen LogP contribution in [0.2, 0.25) is 0 Å². The van der Waals surface area contributed by atoms with Crippen LogP contribution < -0.4 is 10.3 Å². The molecule has 0 spiro atoms. The third-order valence-corrected chi connectivity index (χ3v) is 4.71. The lowest BCUT2D eigenvalue weighted by Crippen LogP contribution is -2.41. The minimum atomic E-state index is -0.229. The second kappa shape index (κ2) is 8.65. The zero-order chi connectivity index (χ0) is 18.4. The van der Waals surface area contributed by atoms with Gasteiger partial charge in [-0.1, -0.05) is 17.7 Å². The van der Waals surface area contributed by atoms with Crippen LogP contribution in [-0.4, -0.2) is 40.7 Å². The van der Waals surface area contributed by atoms with Gasteiger partial charge in [0, 0.05) is 37.9 Å². The van der Waals surface area contributed by atoms with E-state index in [4.69, 9.17) is 4.74 Å². The summed E-state index contributed by atoms with van der Waals surface area (Å²) in [6, 6.07) is 11.1. The predicted molar refractivity (Wildman–Crippen MR) is 99.2 cm³/mol. The van der Waals surface area contributed by atoms with Gasteiger partial charge in [-0.05, 0) is 38.0 Å². The largest absolute Gasteiger partial charge is 0.493 e. The van der Waals surface area contributed by atoms with E-state index in [1.165, 1.54) is 11.6 Å². The number of aryl methyl sites for hydroxylation is 2. The number of benzene rings is 1. The molecule has 1 aromatic heterocycles. The van der Waals surface area contributed by atoms with Gasteiger partial charge in [-0.2, -0.15) is 5.10 Å². The lowest BCUT2D eigenvalue weighted by molar-refractivity contribution is -0.133. The van der Waals surface area contributed by atoms with Crippen LogP contribution in [0.4, 0.5) is 0 Å². The molecular formula is C20H25N3O3. The number of H-pyrrole nitrogens is 1. The van der Waals surface area contributed by atoms with Crippen molar-refractivity contribution in [2.45, 2.75) is 32.6 Å². The summed E-state index contributed by atoms with van der Waals surface area (Å²) in [5.41, 5.74) is 1.71. The molecule has 0 aliphatic carbocycles. The number of carbonyl (C=O) groups excluding carboxylic acids is 1. The van der Waals surface area contributed by atoms with Gasteiger partial charge in [0.2, 0.25) is 5.91 Å². The lowest BCUT2D eigenvalue weighted by Gasteiger charge is -2.32. The molecule has 138 valence electrons. The van der Waals surface area contributed by atoms with Crippen LogP contribution in [0.15, 0.2) is 41.2 Å². The molecule has 1 aliphatic heterocycles. The highest BCUT2D eigenvalue weighted by molar-refractivity contribution is 5.76. The summed E-state index contributed by atoms with van der Waals surface area (Å²) in [4.78, 5) is 25.4. The molecule has 0 saturated carbocycles. The highest BCUT2D eigenvalue weighted by Crippen LogP contribution is 2.20. The zero-order valence-corrected chi connectivity index (χ0v) is 15.1. The standard InChI is InChI=1S/C20H25N3O3/c1-15-4-8-18(9-5-15)26-14-16-3-2-12-23(13-16)20(25)11-7-17-6-10-19(24)22-21-17/h4-6,8-10,16H,2-3,7,11-14H2,1H3,(H,22,24). The first-order valence-electron chi connectivity index (χ1n) is 9.12. The van der Waals surface area contributed by atoms with Gasteiger partial charge in [0.05, 0.1) is 12.3 Å². The predicted octanol–water partition coefficient (Wildman–Crippen LogP) is 2.33. The Bertz CT molecular complexity index is 765. The quantitative estimate of drug-likeness (QED) is 0.863. The van der Waals surface area contributed by atoms with E-state index in [1.807, 2.05) is 29.2 Å². The van der Waals surface area contributed by atoms with E-state index in [0.29, 0.717) is 25.4 Å². The van der Waals surface area contributed by atoms with Crippen molar-refractivity contribution < 1.29 is 9.53 Å². The molecule has 3 rings (SSSR count). The molecule has 1 N–H and O–H groups in total. The molecule has 6 nitrogen and oxygen atoms in total. The maximum Gasteiger partial charge on any atom is 0.264 e. The Kier molecular flexibility index (Phi) is 6.04. The molecule has 1 amide bonds. The minimum Gasteiger partial charge on any atom is -0.493 e. The number of rotatable bonds is 6. The molecule has 1 fully saturated rings. The van der Waals surface area contributed by atoms with Gasteiger partial charge in [0.25, 0.3) is 5.56 Å². The highest BCUT2D eigenvalue weighted by Gasteiger charge is 2.24. The van der Waals surface area contributed by atoms with Crippen molar-refractivity contribution in [3.63, 3.8) is 0 Å². The molecule has 26 heavy (non-hydrogen) atoms. The van der Waals surface area contributed by atoms with E-state index < -0.39 is 0 Å². The van der Waals surface area contributed by atoms with E-state index in [1.54, 1.807) is 6.07 Å². The molecule has 0 bridgehead atoms. The van der Waals surface area contributed by atoms with Crippen molar-refractivity contribution in [3.05, 3.63) is 58.0 Å². The van der Waals surface area contributed by atoms with Gasteiger partial charge in [0.15, 0.2) is 0 Å². The molecule has 1 aromatic carbocycles. The molecule has 2 heterocycles. The summed E-state index contributed by atoms with van der Waals surface area (Å²) in [5, 5.41) is 6.35. The van der Waals surface area contributed by atoms with E-state index in [2.05, 4.69) is 17.1 Å². The Morgan fingerprint density at radius 2 is 2.08 bits per heavy atom. The number of hydrogen-bond donors (Lipinski definition) is 1. The Hall–Kier alpha value is -2.63. The van der Waals surface area contributed by atoms with Crippen LogP contribution in [0.25, 0.3) is 0 Å². The van der Waals surface area contributed by atoms with Crippen molar-refractivity contribution in [1.29, 1.82) is 0 Å². The molecule has 2 aromatic rings. The Balaban J connectivity index is 1.46. The smallest absolute Gasteiger partial charge is 0.264 e. The Labute approximate surface area is 153 Å². The number of nitrogens with one attached hydrogen (secondary N) is 1. The van der Waals surface area contributed by atoms with Crippen molar-refractivity contribution in [1.82, 2.24) is 15.1 Å². The van der Waals surface area contributed by atoms with E-state index in [0.717, 1.165) is 37.4 Å². The average Bonchev–Trinajstić information content (AvgIpc) is 2.67. The molecule has 1 aliphatic rings. The first kappa shape index (κ1) is 18.2. The fraction of sp³-hybridized carbons (Fsp3) is 0.450. The number of ether oxygens (including phenoxy) is 1. The Morgan fingerprint density at radius 3 is 2.81 bits per heavy atom. The molecule has 1 unspecified atom stereocenters. The normalized spacial score (nSPS) is 17.1. The van der Waals surface area contributed by atoms with Crippen molar-refractivity contribution in [2.24, 2.45) is 5.92 Å².